The van der Waals surface area contributed by atoms with Crippen molar-refractivity contribution in [1.29, 1.82) is 0 Å². The average Bonchev–Trinajstić information content (AvgIpc) is 2.98. The quantitative estimate of drug-likeness (QED) is 0.148. The van der Waals surface area contributed by atoms with Crippen molar-refractivity contribution in [3.8, 4) is 5.75 Å². The summed E-state index contributed by atoms with van der Waals surface area (Å²) in [5, 5.41) is 6.36. The molecule has 0 fully saturated rings. The molecule has 0 aliphatic carbocycles. The van der Waals surface area contributed by atoms with E-state index in [1.54, 1.807) is 109 Å². The van der Waals surface area contributed by atoms with Crippen LogP contribution in [-0.4, -0.2) is 24.2 Å². The predicted molar refractivity (Wildman–Crippen MR) is 164 cm³/mol. The number of rotatable bonds is 10. The van der Waals surface area contributed by atoms with Gasteiger partial charge in [-0.05, 0) is 91.4 Å². The number of anilines is 1. The lowest BCUT2D eigenvalue weighted by Crippen LogP contribution is -2.30. The molecule has 2 amide bonds. The first-order valence-corrected chi connectivity index (χ1v) is 13.5. The molecule has 0 aromatic heterocycles. The lowest BCUT2D eigenvalue weighted by Gasteiger charge is -2.12. The van der Waals surface area contributed by atoms with Gasteiger partial charge >= 0.3 is 0 Å². The molecule has 0 atom stereocenters. The van der Waals surface area contributed by atoms with E-state index in [2.05, 4.69) is 10.6 Å². The number of allylic oxidation sites excluding steroid dienone is 1. The maximum Gasteiger partial charge on any atom is 0.272 e. The summed E-state index contributed by atoms with van der Waals surface area (Å²) in [6.45, 7) is 2.43. The van der Waals surface area contributed by atoms with Gasteiger partial charge in [0.2, 0.25) is 0 Å². The van der Waals surface area contributed by atoms with Crippen LogP contribution in [0.2, 0.25) is 10.0 Å². The zero-order chi connectivity index (χ0) is 29.2. The van der Waals surface area contributed by atoms with Gasteiger partial charge in [-0.1, -0.05) is 59.6 Å². The number of carbonyl (C=O) groups excluding carboxylic acids is 3. The molecule has 4 aromatic rings. The maximum absolute atomic E-state index is 13.3. The third-order valence-corrected chi connectivity index (χ3v) is 6.52. The second-order valence-electron chi connectivity index (χ2n) is 8.74. The molecule has 6 nitrogen and oxygen atoms in total. The zero-order valence-electron chi connectivity index (χ0n) is 22.1. The van der Waals surface area contributed by atoms with Crippen LogP contribution in [0.5, 0.6) is 5.75 Å². The number of hydrogen-bond acceptors (Lipinski definition) is 4. The predicted octanol–water partition coefficient (Wildman–Crippen LogP) is 7.70. The minimum Gasteiger partial charge on any atom is -0.494 e. The summed E-state index contributed by atoms with van der Waals surface area (Å²) in [6.07, 6.45) is 4.53. The Morgan fingerprint density at radius 3 is 2.07 bits per heavy atom. The summed E-state index contributed by atoms with van der Waals surface area (Å²) in [5.41, 5.74) is 2.55. The molecular weight excluding hydrogens is 559 g/mol. The van der Waals surface area contributed by atoms with E-state index in [0.717, 1.165) is 0 Å². The van der Waals surface area contributed by atoms with Gasteiger partial charge < -0.3 is 15.4 Å². The number of benzene rings is 4. The van der Waals surface area contributed by atoms with Crippen molar-refractivity contribution < 1.29 is 19.1 Å². The monoisotopic (exact) mass is 584 g/mol. The molecule has 2 N–H and O–H groups in total. The van der Waals surface area contributed by atoms with E-state index in [0.29, 0.717) is 50.3 Å². The molecular formula is C33H26Cl2N2O4. The number of carbonyl (C=O) groups is 3. The average molecular weight is 585 g/mol. The first-order chi connectivity index (χ1) is 19.8. The minimum absolute atomic E-state index is 0.0442. The Morgan fingerprint density at radius 2 is 1.44 bits per heavy atom. The molecule has 8 heteroatoms. The largest absolute Gasteiger partial charge is 0.494 e. The molecule has 0 spiro atoms. The molecule has 41 heavy (non-hydrogen) atoms. The van der Waals surface area contributed by atoms with Gasteiger partial charge in [0.25, 0.3) is 11.8 Å². The van der Waals surface area contributed by atoms with E-state index in [-0.39, 0.29) is 11.5 Å². The Hall–Kier alpha value is -4.65. The normalized spacial score (nSPS) is 11.2. The van der Waals surface area contributed by atoms with Crippen LogP contribution in [0.15, 0.2) is 109 Å². The van der Waals surface area contributed by atoms with E-state index in [1.165, 1.54) is 6.08 Å². The van der Waals surface area contributed by atoms with Gasteiger partial charge in [0, 0.05) is 32.4 Å². The summed E-state index contributed by atoms with van der Waals surface area (Å²) in [4.78, 5) is 38.8. The minimum atomic E-state index is -0.532. The van der Waals surface area contributed by atoms with Crippen LogP contribution in [0.3, 0.4) is 0 Å². The third kappa shape index (κ3) is 8.18. The Balaban J connectivity index is 1.50. The smallest absolute Gasteiger partial charge is 0.272 e. The molecule has 206 valence electrons. The van der Waals surface area contributed by atoms with Crippen molar-refractivity contribution in [2.45, 2.75) is 6.92 Å². The zero-order valence-corrected chi connectivity index (χ0v) is 23.6. The van der Waals surface area contributed by atoms with Crippen molar-refractivity contribution in [3.63, 3.8) is 0 Å². The Morgan fingerprint density at radius 1 is 0.780 bits per heavy atom. The number of hydrogen-bond donors (Lipinski definition) is 2. The lowest BCUT2D eigenvalue weighted by molar-refractivity contribution is -0.113. The van der Waals surface area contributed by atoms with Gasteiger partial charge in [0.1, 0.15) is 11.4 Å². The highest BCUT2D eigenvalue weighted by atomic mass is 35.5. The molecule has 0 saturated heterocycles. The van der Waals surface area contributed by atoms with E-state index in [4.69, 9.17) is 27.9 Å². The molecule has 0 bridgehead atoms. The van der Waals surface area contributed by atoms with Crippen LogP contribution in [-0.2, 0) is 4.79 Å². The van der Waals surface area contributed by atoms with E-state index in [9.17, 15) is 14.4 Å². The standard InChI is InChI=1S/C33H26Cl2N2O4/c1-2-41-26-17-11-22(12-18-26)21-30(37-32(39)24-7-4-3-5-8-24)33(40)36-25-15-13-23(14-16-25)31(38)20-19-27-28(34)9-6-10-29(27)35/h3-21H,2H2,1H3,(H,36,40)(H,37,39)/b20-19+,30-21-. The van der Waals surface area contributed by atoms with Gasteiger partial charge in [0.15, 0.2) is 5.78 Å². The number of nitrogens with one attached hydrogen (secondary N) is 2. The van der Waals surface area contributed by atoms with Crippen LogP contribution < -0.4 is 15.4 Å². The van der Waals surface area contributed by atoms with Crippen LogP contribution >= 0.6 is 23.2 Å². The van der Waals surface area contributed by atoms with E-state index >= 15 is 0 Å². The molecule has 0 radical (unpaired) electrons. The van der Waals surface area contributed by atoms with Crippen molar-refractivity contribution in [2.24, 2.45) is 0 Å². The highest BCUT2D eigenvalue weighted by Gasteiger charge is 2.15. The molecule has 0 unspecified atom stereocenters. The molecule has 0 aliphatic rings. The Bertz CT molecular complexity index is 1580. The second kappa shape index (κ2) is 14.1. The van der Waals surface area contributed by atoms with Crippen LogP contribution in [0, 0.1) is 0 Å². The topological polar surface area (TPSA) is 84.5 Å². The molecule has 0 heterocycles. The fraction of sp³-hybridized carbons (Fsp3) is 0.0606. The van der Waals surface area contributed by atoms with Gasteiger partial charge in [0.05, 0.1) is 6.61 Å². The SMILES string of the molecule is CCOc1ccc(/C=C(\NC(=O)c2ccccc2)C(=O)Nc2ccc(C(=O)/C=C/c3c(Cl)cccc3Cl)cc2)cc1. The van der Waals surface area contributed by atoms with E-state index < -0.39 is 11.8 Å². The highest BCUT2D eigenvalue weighted by Crippen LogP contribution is 2.26. The van der Waals surface area contributed by atoms with Crippen molar-refractivity contribution in [1.82, 2.24) is 5.32 Å². The van der Waals surface area contributed by atoms with Gasteiger partial charge in [-0.3, -0.25) is 14.4 Å². The van der Waals surface area contributed by atoms with Crippen LogP contribution in [0.1, 0.15) is 38.8 Å². The van der Waals surface area contributed by atoms with Crippen molar-refractivity contribution in [2.75, 3.05) is 11.9 Å². The number of ether oxygens (including phenoxy) is 1. The van der Waals surface area contributed by atoms with Crippen molar-refractivity contribution >= 4 is 58.6 Å². The first kappa shape index (κ1) is 29.3. The molecule has 0 saturated carbocycles. The highest BCUT2D eigenvalue weighted by molar-refractivity contribution is 6.37. The fourth-order valence-electron chi connectivity index (χ4n) is 3.78. The van der Waals surface area contributed by atoms with Gasteiger partial charge in [-0.15, -0.1) is 0 Å². The summed E-state index contributed by atoms with van der Waals surface area (Å²) in [7, 11) is 0. The lowest BCUT2D eigenvalue weighted by atomic mass is 10.1. The van der Waals surface area contributed by atoms with E-state index in [1.807, 2.05) is 6.92 Å². The summed E-state index contributed by atoms with van der Waals surface area (Å²) >= 11 is 12.3. The van der Waals surface area contributed by atoms with Crippen LogP contribution in [0.4, 0.5) is 5.69 Å². The second-order valence-corrected chi connectivity index (χ2v) is 9.56. The number of ketones is 1. The Labute approximate surface area is 248 Å². The van der Waals surface area contributed by atoms with Crippen LogP contribution in [0.25, 0.3) is 12.2 Å². The maximum atomic E-state index is 13.3. The summed E-state index contributed by atoms with van der Waals surface area (Å²) < 4.78 is 5.48. The number of amides is 2. The molecule has 4 aromatic carbocycles. The summed E-state index contributed by atoms with van der Waals surface area (Å²) in [6, 6.07) is 27.3. The number of halogens is 2. The third-order valence-electron chi connectivity index (χ3n) is 5.86. The van der Waals surface area contributed by atoms with Crippen molar-refractivity contribution in [3.05, 3.63) is 141 Å². The Kier molecular flexibility index (Phi) is 10.1. The molecule has 4 rings (SSSR count). The van der Waals surface area contributed by atoms with Gasteiger partial charge in [-0.25, -0.2) is 0 Å². The fourth-order valence-corrected chi connectivity index (χ4v) is 4.30. The van der Waals surface area contributed by atoms with Gasteiger partial charge in [-0.2, -0.15) is 0 Å². The molecule has 0 aliphatic heterocycles. The summed E-state index contributed by atoms with van der Waals surface area (Å²) in [5.74, 6) is -0.520. The first-order valence-electron chi connectivity index (χ1n) is 12.7.